The third-order valence-corrected chi connectivity index (χ3v) is 3.96. The zero-order chi connectivity index (χ0) is 17.5. The van der Waals surface area contributed by atoms with Gasteiger partial charge in [-0.3, -0.25) is 9.59 Å². The number of rotatable bonds is 9. The van der Waals surface area contributed by atoms with Crippen molar-refractivity contribution in [3.05, 3.63) is 35.6 Å². The fourth-order valence-electron chi connectivity index (χ4n) is 2.80. The summed E-state index contributed by atoms with van der Waals surface area (Å²) in [7, 11) is 0. The van der Waals surface area contributed by atoms with E-state index in [1.54, 1.807) is 12.1 Å². The molecule has 1 aromatic carbocycles. The summed E-state index contributed by atoms with van der Waals surface area (Å²) in [5.41, 5.74) is 5.97. The van der Waals surface area contributed by atoms with Crippen LogP contribution in [0.2, 0.25) is 0 Å². The molecule has 1 atom stereocenters. The molecule has 0 saturated heterocycles. The third kappa shape index (κ3) is 6.61. The first-order valence-electron chi connectivity index (χ1n) is 8.25. The lowest BCUT2D eigenvalue weighted by molar-refractivity contribution is -0.137. The zero-order valence-corrected chi connectivity index (χ0v) is 14.4. The molecule has 0 heterocycles. The summed E-state index contributed by atoms with van der Waals surface area (Å²) in [5, 5.41) is 0. The van der Waals surface area contributed by atoms with Gasteiger partial charge in [0.05, 0.1) is 5.92 Å². The second kappa shape index (κ2) is 8.92. The molecule has 0 aliphatic carbocycles. The molecule has 0 bridgehead atoms. The van der Waals surface area contributed by atoms with Crippen molar-refractivity contribution in [3.63, 3.8) is 0 Å². The molecule has 23 heavy (non-hydrogen) atoms. The third-order valence-electron chi connectivity index (χ3n) is 3.96. The molecular formula is C19H28FNO2. The highest BCUT2D eigenvalue weighted by Gasteiger charge is 2.36. The van der Waals surface area contributed by atoms with E-state index in [-0.39, 0.29) is 22.8 Å². The smallest absolute Gasteiger partial charge is 0.144 e. The predicted octanol–water partition coefficient (Wildman–Crippen LogP) is 3.69. The average molecular weight is 321 g/mol. The van der Waals surface area contributed by atoms with Crippen molar-refractivity contribution in [1.29, 1.82) is 0 Å². The molecule has 4 heteroatoms. The van der Waals surface area contributed by atoms with Crippen LogP contribution in [-0.2, 0) is 16.0 Å². The highest BCUT2D eigenvalue weighted by Crippen LogP contribution is 2.30. The van der Waals surface area contributed by atoms with E-state index < -0.39 is 5.92 Å². The van der Waals surface area contributed by atoms with Crippen LogP contribution in [-0.4, -0.2) is 18.1 Å². The molecule has 0 saturated carbocycles. The number of unbranched alkanes of at least 4 members (excludes halogenated alkanes) is 1. The number of nitrogens with two attached hydrogens (primary N) is 1. The summed E-state index contributed by atoms with van der Waals surface area (Å²) in [6, 6.07) is 6.13. The number of hydrogen-bond acceptors (Lipinski definition) is 3. The van der Waals surface area contributed by atoms with Crippen molar-refractivity contribution in [2.24, 2.45) is 17.1 Å². The second-order valence-corrected chi connectivity index (χ2v) is 7.10. The fourth-order valence-corrected chi connectivity index (χ4v) is 2.80. The lowest BCUT2D eigenvalue weighted by Gasteiger charge is -2.28. The van der Waals surface area contributed by atoms with Gasteiger partial charge in [0.2, 0.25) is 0 Å². The van der Waals surface area contributed by atoms with Gasteiger partial charge in [0.15, 0.2) is 0 Å². The van der Waals surface area contributed by atoms with Gasteiger partial charge < -0.3 is 5.73 Å². The molecule has 0 amide bonds. The Morgan fingerprint density at radius 3 is 2.13 bits per heavy atom. The highest BCUT2D eigenvalue weighted by atomic mass is 19.1. The van der Waals surface area contributed by atoms with Crippen LogP contribution in [0.4, 0.5) is 4.39 Å². The van der Waals surface area contributed by atoms with Crippen molar-refractivity contribution in [1.82, 2.24) is 0 Å². The lowest BCUT2D eigenvalue weighted by atomic mass is 9.73. The Bertz CT molecular complexity index is 517. The van der Waals surface area contributed by atoms with E-state index >= 15 is 0 Å². The lowest BCUT2D eigenvalue weighted by Crippen LogP contribution is -2.35. The molecule has 0 aliphatic heterocycles. The first kappa shape index (κ1) is 19.5. The van der Waals surface area contributed by atoms with Gasteiger partial charge in [-0.15, -0.1) is 0 Å². The number of carbonyl (C=O) groups excluding carboxylic acids is 2. The largest absolute Gasteiger partial charge is 0.330 e. The Balaban J connectivity index is 2.68. The molecule has 3 nitrogen and oxygen atoms in total. The van der Waals surface area contributed by atoms with E-state index in [2.05, 4.69) is 0 Å². The molecule has 128 valence electrons. The summed E-state index contributed by atoms with van der Waals surface area (Å²) in [6.07, 6.45) is 2.76. The molecule has 0 aromatic heterocycles. The van der Waals surface area contributed by atoms with E-state index in [1.807, 2.05) is 20.8 Å². The Hall–Kier alpha value is -1.55. The number of carbonyl (C=O) groups is 2. The average Bonchev–Trinajstić information content (AvgIpc) is 2.45. The topological polar surface area (TPSA) is 60.2 Å². The van der Waals surface area contributed by atoms with Gasteiger partial charge in [-0.1, -0.05) is 32.9 Å². The Labute approximate surface area is 138 Å². The predicted molar refractivity (Wildman–Crippen MR) is 90.6 cm³/mol. The molecule has 1 unspecified atom stereocenters. The second-order valence-electron chi connectivity index (χ2n) is 7.10. The van der Waals surface area contributed by atoms with E-state index in [0.29, 0.717) is 25.8 Å². The van der Waals surface area contributed by atoms with Crippen LogP contribution in [0.5, 0.6) is 0 Å². The van der Waals surface area contributed by atoms with Crippen LogP contribution in [0.1, 0.15) is 52.0 Å². The summed E-state index contributed by atoms with van der Waals surface area (Å²) in [5.74, 6) is -0.891. The number of halogens is 1. The normalized spacial score (nSPS) is 12.9. The molecule has 0 spiro atoms. The van der Waals surface area contributed by atoms with Gasteiger partial charge in [0, 0.05) is 12.8 Å². The van der Waals surface area contributed by atoms with Crippen molar-refractivity contribution in [2.75, 3.05) is 6.54 Å². The van der Waals surface area contributed by atoms with Gasteiger partial charge in [-0.25, -0.2) is 4.39 Å². The molecule has 1 rings (SSSR count). The SMILES string of the molecule is CC(C)(C)C(C(=O)CCCCN)C(=O)CCc1ccc(F)cc1. The highest BCUT2D eigenvalue weighted by molar-refractivity contribution is 6.03. The first-order valence-corrected chi connectivity index (χ1v) is 8.25. The zero-order valence-electron chi connectivity index (χ0n) is 14.4. The van der Waals surface area contributed by atoms with E-state index in [9.17, 15) is 14.0 Å². The van der Waals surface area contributed by atoms with Gasteiger partial charge in [-0.05, 0) is 48.9 Å². The van der Waals surface area contributed by atoms with E-state index in [0.717, 1.165) is 18.4 Å². The minimum atomic E-state index is -0.583. The van der Waals surface area contributed by atoms with Gasteiger partial charge in [0.25, 0.3) is 0 Å². The minimum absolute atomic E-state index is 0.00931. The van der Waals surface area contributed by atoms with Crippen molar-refractivity contribution < 1.29 is 14.0 Å². The molecule has 0 aliphatic rings. The fraction of sp³-hybridized carbons (Fsp3) is 0.579. The maximum atomic E-state index is 12.9. The van der Waals surface area contributed by atoms with Crippen LogP contribution in [0.15, 0.2) is 24.3 Å². The number of ketones is 2. The molecular weight excluding hydrogens is 293 g/mol. The van der Waals surface area contributed by atoms with Gasteiger partial charge in [0.1, 0.15) is 17.4 Å². The van der Waals surface area contributed by atoms with Gasteiger partial charge in [-0.2, -0.15) is 0 Å². The van der Waals surface area contributed by atoms with Crippen LogP contribution in [0.25, 0.3) is 0 Å². The van der Waals surface area contributed by atoms with Crippen molar-refractivity contribution in [2.45, 2.75) is 52.9 Å². The van der Waals surface area contributed by atoms with Crippen LogP contribution >= 0.6 is 0 Å². The van der Waals surface area contributed by atoms with E-state index in [4.69, 9.17) is 5.73 Å². The number of hydrogen-bond donors (Lipinski definition) is 1. The Kier molecular flexibility index (Phi) is 7.56. The number of benzene rings is 1. The molecule has 0 fully saturated rings. The van der Waals surface area contributed by atoms with E-state index in [1.165, 1.54) is 12.1 Å². The Morgan fingerprint density at radius 2 is 1.61 bits per heavy atom. The van der Waals surface area contributed by atoms with Crippen molar-refractivity contribution in [3.8, 4) is 0 Å². The summed E-state index contributed by atoms with van der Waals surface area (Å²) in [4.78, 5) is 25.0. The summed E-state index contributed by atoms with van der Waals surface area (Å²) >= 11 is 0. The monoisotopic (exact) mass is 321 g/mol. The van der Waals surface area contributed by atoms with Crippen LogP contribution in [0.3, 0.4) is 0 Å². The summed E-state index contributed by atoms with van der Waals surface area (Å²) in [6.45, 7) is 6.34. The van der Waals surface area contributed by atoms with Crippen LogP contribution < -0.4 is 5.73 Å². The maximum Gasteiger partial charge on any atom is 0.144 e. The molecule has 2 N–H and O–H groups in total. The standard InChI is InChI=1S/C19H28FNO2/c1-19(2,3)18(16(22)6-4-5-13-21)17(23)12-9-14-7-10-15(20)11-8-14/h7-8,10-11,18H,4-6,9,12-13,21H2,1-3H3. The first-order chi connectivity index (χ1) is 10.8. The minimum Gasteiger partial charge on any atom is -0.330 e. The van der Waals surface area contributed by atoms with Gasteiger partial charge >= 0.3 is 0 Å². The van der Waals surface area contributed by atoms with Crippen molar-refractivity contribution >= 4 is 11.6 Å². The quantitative estimate of drug-likeness (QED) is 0.557. The maximum absolute atomic E-state index is 12.9. The van der Waals surface area contributed by atoms with Crippen LogP contribution in [0, 0.1) is 17.2 Å². The summed E-state index contributed by atoms with van der Waals surface area (Å²) < 4.78 is 12.9. The Morgan fingerprint density at radius 1 is 1.04 bits per heavy atom. The number of Topliss-reactive ketones (excluding diaryl/α,β-unsaturated/α-hetero) is 2. The molecule has 1 aromatic rings. The number of aryl methyl sites for hydroxylation is 1. The molecule has 0 radical (unpaired) electrons.